The summed E-state index contributed by atoms with van der Waals surface area (Å²) in [6, 6.07) is 16.3. The third kappa shape index (κ3) is 6.00. The van der Waals surface area contributed by atoms with Crippen molar-refractivity contribution >= 4 is 11.8 Å². The lowest BCUT2D eigenvalue weighted by molar-refractivity contribution is -0.254. The SMILES string of the molecule is CC(C)(C)OC(=O)N1CC2(COC(CCN(Cc3ccc4c(c3)CCO4)c3ccc(C#N)cc3)OC2)C1. The molecular formula is C29H35N3O5. The predicted molar refractivity (Wildman–Crippen MR) is 138 cm³/mol. The fourth-order valence-electron chi connectivity index (χ4n) is 5.06. The molecule has 2 saturated heterocycles. The van der Waals surface area contributed by atoms with Gasteiger partial charge < -0.3 is 28.7 Å². The highest BCUT2D eigenvalue weighted by Gasteiger charge is 2.49. The van der Waals surface area contributed by atoms with Crippen molar-refractivity contribution in [3.05, 3.63) is 59.2 Å². The minimum atomic E-state index is -0.501. The molecule has 0 bridgehead atoms. The highest BCUT2D eigenvalue weighted by atomic mass is 16.7. The van der Waals surface area contributed by atoms with Gasteiger partial charge >= 0.3 is 6.09 Å². The number of ether oxygens (including phenoxy) is 4. The number of fused-ring (bicyclic) bond motifs is 1. The average molecular weight is 506 g/mol. The molecule has 196 valence electrons. The Morgan fingerprint density at radius 3 is 2.57 bits per heavy atom. The zero-order valence-electron chi connectivity index (χ0n) is 21.9. The smallest absolute Gasteiger partial charge is 0.410 e. The van der Waals surface area contributed by atoms with Gasteiger partial charge in [0.15, 0.2) is 6.29 Å². The summed E-state index contributed by atoms with van der Waals surface area (Å²) in [6.45, 7) is 10.2. The Bertz CT molecular complexity index is 1150. The van der Waals surface area contributed by atoms with Crippen LogP contribution in [-0.4, -0.2) is 62.3 Å². The van der Waals surface area contributed by atoms with E-state index in [1.165, 1.54) is 11.1 Å². The molecule has 0 aromatic heterocycles. The molecule has 0 unspecified atom stereocenters. The molecule has 2 aromatic carbocycles. The molecule has 2 fully saturated rings. The maximum Gasteiger partial charge on any atom is 0.410 e. The Balaban J connectivity index is 1.17. The normalized spacial score (nSPS) is 18.5. The molecule has 8 heteroatoms. The first-order valence-corrected chi connectivity index (χ1v) is 12.9. The monoisotopic (exact) mass is 505 g/mol. The number of carbonyl (C=O) groups excluding carboxylic acids is 1. The zero-order valence-corrected chi connectivity index (χ0v) is 21.9. The van der Waals surface area contributed by atoms with E-state index in [9.17, 15) is 10.1 Å². The molecule has 3 aliphatic heterocycles. The number of carbonyl (C=O) groups is 1. The summed E-state index contributed by atoms with van der Waals surface area (Å²) < 4.78 is 23.3. The highest BCUT2D eigenvalue weighted by molar-refractivity contribution is 5.69. The second-order valence-corrected chi connectivity index (χ2v) is 11.3. The molecule has 0 radical (unpaired) electrons. The molecule has 37 heavy (non-hydrogen) atoms. The predicted octanol–water partition coefficient (Wildman–Crippen LogP) is 4.50. The van der Waals surface area contributed by atoms with Crippen LogP contribution in [0.2, 0.25) is 0 Å². The summed E-state index contributed by atoms with van der Waals surface area (Å²) in [4.78, 5) is 16.3. The van der Waals surface area contributed by atoms with Crippen molar-refractivity contribution in [3.63, 3.8) is 0 Å². The zero-order chi connectivity index (χ0) is 26.0. The van der Waals surface area contributed by atoms with E-state index in [1.54, 1.807) is 4.90 Å². The van der Waals surface area contributed by atoms with Gasteiger partial charge in [-0.05, 0) is 62.2 Å². The van der Waals surface area contributed by atoms with Gasteiger partial charge in [0.2, 0.25) is 0 Å². The summed E-state index contributed by atoms with van der Waals surface area (Å²) in [5.74, 6) is 0.979. The summed E-state index contributed by atoms with van der Waals surface area (Å²) in [6.07, 6.45) is 1.07. The topological polar surface area (TPSA) is 84.3 Å². The Labute approximate surface area is 218 Å². The lowest BCUT2D eigenvalue weighted by Crippen LogP contribution is -2.65. The van der Waals surface area contributed by atoms with E-state index in [2.05, 4.69) is 29.2 Å². The third-order valence-corrected chi connectivity index (χ3v) is 6.98. The van der Waals surface area contributed by atoms with Crippen LogP contribution in [0.3, 0.4) is 0 Å². The van der Waals surface area contributed by atoms with Gasteiger partial charge in [-0.1, -0.05) is 12.1 Å². The maximum absolute atomic E-state index is 12.3. The third-order valence-electron chi connectivity index (χ3n) is 6.98. The molecule has 0 N–H and O–H groups in total. The first-order chi connectivity index (χ1) is 17.7. The summed E-state index contributed by atoms with van der Waals surface area (Å²) >= 11 is 0. The van der Waals surface area contributed by atoms with Gasteiger partial charge in [-0.15, -0.1) is 0 Å². The van der Waals surface area contributed by atoms with Gasteiger partial charge in [-0.2, -0.15) is 5.26 Å². The van der Waals surface area contributed by atoms with Crippen molar-refractivity contribution in [3.8, 4) is 11.8 Å². The van der Waals surface area contributed by atoms with Crippen molar-refractivity contribution in [1.82, 2.24) is 4.90 Å². The van der Waals surface area contributed by atoms with Crippen LogP contribution in [0.1, 0.15) is 43.9 Å². The van der Waals surface area contributed by atoms with Gasteiger partial charge in [0, 0.05) is 44.7 Å². The Hall–Kier alpha value is -3.28. The molecule has 1 amide bonds. The quantitative estimate of drug-likeness (QED) is 0.572. The van der Waals surface area contributed by atoms with Crippen LogP contribution in [-0.2, 0) is 27.2 Å². The largest absolute Gasteiger partial charge is 0.493 e. The van der Waals surface area contributed by atoms with Gasteiger partial charge in [0.05, 0.1) is 36.9 Å². The van der Waals surface area contributed by atoms with Crippen molar-refractivity contribution in [1.29, 1.82) is 5.26 Å². The summed E-state index contributed by atoms with van der Waals surface area (Å²) in [7, 11) is 0. The Kier molecular flexibility index (Phi) is 7.02. The Morgan fingerprint density at radius 1 is 1.16 bits per heavy atom. The van der Waals surface area contributed by atoms with Crippen LogP contribution >= 0.6 is 0 Å². The van der Waals surface area contributed by atoms with E-state index in [0.717, 1.165) is 37.6 Å². The summed E-state index contributed by atoms with van der Waals surface area (Å²) in [5, 5.41) is 9.19. The fraction of sp³-hybridized carbons (Fsp3) is 0.517. The van der Waals surface area contributed by atoms with Crippen LogP contribution in [0.4, 0.5) is 10.5 Å². The van der Waals surface area contributed by atoms with Crippen molar-refractivity contribution in [2.45, 2.75) is 52.0 Å². The molecule has 3 aliphatic rings. The molecule has 2 aromatic rings. The van der Waals surface area contributed by atoms with Crippen LogP contribution in [0.25, 0.3) is 0 Å². The molecule has 0 aliphatic carbocycles. The van der Waals surface area contributed by atoms with Crippen molar-refractivity contribution in [2.75, 3.05) is 44.4 Å². The number of amides is 1. The second-order valence-electron chi connectivity index (χ2n) is 11.3. The van der Waals surface area contributed by atoms with Crippen LogP contribution in [0.5, 0.6) is 5.75 Å². The Morgan fingerprint density at radius 2 is 1.89 bits per heavy atom. The standard InChI is InChI=1S/C29H35N3O5/c1-28(2,3)37-27(33)32-17-29(18-32)19-35-26(36-20-29)10-12-31(24-7-4-21(15-30)5-8-24)16-22-6-9-25-23(14-22)11-13-34-25/h4-9,14,26H,10-13,16-20H2,1-3H3. The van der Waals surface area contributed by atoms with Crippen LogP contribution in [0.15, 0.2) is 42.5 Å². The first-order valence-electron chi connectivity index (χ1n) is 12.9. The van der Waals surface area contributed by atoms with Crippen molar-refractivity contribution < 1.29 is 23.7 Å². The number of nitriles is 1. The molecule has 3 heterocycles. The number of hydrogen-bond acceptors (Lipinski definition) is 7. The number of likely N-dealkylation sites (tertiary alicyclic amines) is 1. The van der Waals surface area contributed by atoms with E-state index in [-0.39, 0.29) is 17.8 Å². The van der Waals surface area contributed by atoms with Gasteiger partial charge in [-0.25, -0.2) is 4.79 Å². The molecule has 5 rings (SSSR count). The number of anilines is 1. The molecule has 1 spiro atoms. The minimum Gasteiger partial charge on any atom is -0.493 e. The van der Waals surface area contributed by atoms with E-state index in [4.69, 9.17) is 18.9 Å². The summed E-state index contributed by atoms with van der Waals surface area (Å²) in [5.41, 5.74) is 3.52. The number of benzene rings is 2. The lowest BCUT2D eigenvalue weighted by atomic mass is 9.81. The second kappa shape index (κ2) is 10.2. The molecular weight excluding hydrogens is 470 g/mol. The van der Waals surface area contributed by atoms with E-state index in [1.807, 2.05) is 45.0 Å². The van der Waals surface area contributed by atoms with E-state index in [0.29, 0.717) is 38.3 Å². The van der Waals surface area contributed by atoms with Crippen molar-refractivity contribution in [2.24, 2.45) is 5.41 Å². The first kappa shape index (κ1) is 25.4. The highest BCUT2D eigenvalue weighted by Crippen LogP contribution is 2.36. The average Bonchev–Trinajstić information content (AvgIpc) is 3.32. The number of hydrogen-bond donors (Lipinski definition) is 0. The minimum absolute atomic E-state index is 0.146. The lowest BCUT2D eigenvalue weighted by Gasteiger charge is -2.52. The van der Waals surface area contributed by atoms with Gasteiger partial charge in [0.1, 0.15) is 11.4 Å². The fourth-order valence-corrected chi connectivity index (χ4v) is 5.06. The maximum atomic E-state index is 12.3. The van der Waals surface area contributed by atoms with Gasteiger partial charge in [0.25, 0.3) is 0 Å². The molecule has 0 atom stereocenters. The van der Waals surface area contributed by atoms with Crippen LogP contribution < -0.4 is 9.64 Å². The number of nitrogens with zero attached hydrogens (tertiary/aromatic N) is 3. The molecule has 0 saturated carbocycles. The molecule has 8 nitrogen and oxygen atoms in total. The van der Waals surface area contributed by atoms with E-state index >= 15 is 0 Å². The van der Waals surface area contributed by atoms with E-state index < -0.39 is 5.60 Å². The van der Waals surface area contributed by atoms with Gasteiger partial charge in [-0.3, -0.25) is 0 Å². The number of rotatable bonds is 6. The van der Waals surface area contributed by atoms with Crippen LogP contribution in [0, 0.1) is 16.7 Å².